The largest absolute Gasteiger partial charge is 0.480 e. The Hall–Kier alpha value is -2.16. The van der Waals surface area contributed by atoms with Crippen LogP contribution in [0.5, 0.6) is 0 Å². The lowest BCUT2D eigenvalue weighted by molar-refractivity contribution is -0.144. The molecule has 1 unspecified atom stereocenters. The third-order valence-corrected chi connectivity index (χ3v) is 6.93. The molecule has 3 heterocycles. The lowest BCUT2D eigenvalue weighted by atomic mass is 9.85. The summed E-state index contributed by atoms with van der Waals surface area (Å²) < 4.78 is 0. The van der Waals surface area contributed by atoms with Gasteiger partial charge in [-0.25, -0.2) is 0 Å². The van der Waals surface area contributed by atoms with Crippen molar-refractivity contribution in [2.45, 2.75) is 44.6 Å². The molecule has 29 heavy (non-hydrogen) atoms. The van der Waals surface area contributed by atoms with Crippen LogP contribution in [0.3, 0.4) is 0 Å². The Kier molecular flexibility index (Phi) is 6.45. The molecule has 1 spiro atoms. The number of hydrogen-bond acceptors (Lipinski definition) is 5. The molecule has 0 bridgehead atoms. The number of likely N-dealkylation sites (tertiary alicyclic amines) is 2. The molecule has 9 nitrogen and oxygen atoms in total. The molecule has 3 aliphatic heterocycles. The second kappa shape index (κ2) is 8.69. The summed E-state index contributed by atoms with van der Waals surface area (Å²) in [4.78, 5) is 55.5. The maximum absolute atomic E-state index is 13.2. The maximum atomic E-state index is 13.2. The third-order valence-electron chi connectivity index (χ3n) is 6.93. The zero-order chi connectivity index (χ0) is 21.2. The van der Waals surface area contributed by atoms with E-state index < -0.39 is 5.97 Å². The van der Waals surface area contributed by atoms with Gasteiger partial charge in [-0.2, -0.15) is 0 Å². The van der Waals surface area contributed by atoms with E-state index in [0.717, 1.165) is 6.54 Å². The van der Waals surface area contributed by atoms with E-state index in [9.17, 15) is 19.2 Å². The molecule has 162 valence electrons. The van der Waals surface area contributed by atoms with Gasteiger partial charge in [0.05, 0.1) is 0 Å². The highest BCUT2D eigenvalue weighted by Gasteiger charge is 2.44. The van der Waals surface area contributed by atoms with Crippen LogP contribution in [0.25, 0.3) is 0 Å². The first kappa shape index (κ1) is 21.5. The van der Waals surface area contributed by atoms with Crippen molar-refractivity contribution in [1.29, 1.82) is 0 Å². The van der Waals surface area contributed by atoms with Gasteiger partial charge in [-0.05, 0) is 32.7 Å². The average Bonchev–Trinajstić information content (AvgIpc) is 2.84. The van der Waals surface area contributed by atoms with Crippen molar-refractivity contribution in [2.75, 3.05) is 52.9 Å². The SMILES string of the molecule is CC(=O)N1CCC(C(=O)N2CCN(C)C3(CCC(=O)N(CC(=O)O)CC3)C2)CC1. The van der Waals surface area contributed by atoms with E-state index in [-0.39, 0.29) is 35.7 Å². The highest BCUT2D eigenvalue weighted by Crippen LogP contribution is 2.33. The molecule has 0 aromatic heterocycles. The van der Waals surface area contributed by atoms with Crippen molar-refractivity contribution in [3.05, 3.63) is 0 Å². The summed E-state index contributed by atoms with van der Waals surface area (Å²) in [6.07, 6.45) is 2.99. The molecule has 3 fully saturated rings. The predicted octanol–water partition coefficient (Wildman–Crippen LogP) is -0.145. The molecule has 1 atom stereocenters. The van der Waals surface area contributed by atoms with Gasteiger partial charge in [0.25, 0.3) is 0 Å². The first-order chi connectivity index (χ1) is 13.7. The lowest BCUT2D eigenvalue weighted by Crippen LogP contribution is -2.63. The molecule has 0 aliphatic carbocycles. The van der Waals surface area contributed by atoms with Gasteiger partial charge in [0, 0.05) is 64.1 Å². The minimum Gasteiger partial charge on any atom is -0.480 e. The van der Waals surface area contributed by atoms with Crippen LogP contribution >= 0.6 is 0 Å². The zero-order valence-corrected chi connectivity index (χ0v) is 17.4. The summed E-state index contributed by atoms with van der Waals surface area (Å²) in [6, 6.07) is 0. The van der Waals surface area contributed by atoms with E-state index in [0.29, 0.717) is 64.8 Å². The number of nitrogens with zero attached hydrogens (tertiary/aromatic N) is 4. The number of aliphatic carboxylic acids is 1. The van der Waals surface area contributed by atoms with E-state index in [4.69, 9.17) is 5.11 Å². The molecule has 0 aromatic rings. The molecular formula is C20H32N4O5. The number of hydrogen-bond donors (Lipinski definition) is 1. The Labute approximate surface area is 171 Å². The quantitative estimate of drug-likeness (QED) is 0.697. The van der Waals surface area contributed by atoms with Crippen molar-refractivity contribution in [3.63, 3.8) is 0 Å². The Morgan fingerprint density at radius 1 is 1.03 bits per heavy atom. The van der Waals surface area contributed by atoms with Gasteiger partial charge in [0.2, 0.25) is 17.7 Å². The summed E-state index contributed by atoms with van der Waals surface area (Å²) in [5.41, 5.74) is -0.295. The van der Waals surface area contributed by atoms with Gasteiger partial charge >= 0.3 is 5.97 Å². The van der Waals surface area contributed by atoms with Crippen LogP contribution < -0.4 is 0 Å². The van der Waals surface area contributed by atoms with Crippen LogP contribution in [-0.4, -0.2) is 107 Å². The van der Waals surface area contributed by atoms with Crippen molar-refractivity contribution in [2.24, 2.45) is 5.92 Å². The summed E-state index contributed by atoms with van der Waals surface area (Å²) in [6.45, 7) is 4.93. The molecule has 0 radical (unpaired) electrons. The number of carbonyl (C=O) groups is 4. The maximum Gasteiger partial charge on any atom is 0.323 e. The smallest absolute Gasteiger partial charge is 0.323 e. The molecule has 3 aliphatic rings. The van der Waals surface area contributed by atoms with E-state index in [1.54, 1.807) is 11.8 Å². The molecular weight excluding hydrogens is 376 g/mol. The number of amides is 3. The van der Waals surface area contributed by atoms with Crippen LogP contribution in [0.2, 0.25) is 0 Å². The van der Waals surface area contributed by atoms with Crippen LogP contribution in [0, 0.1) is 5.92 Å². The van der Waals surface area contributed by atoms with Crippen molar-refractivity contribution < 1.29 is 24.3 Å². The Morgan fingerprint density at radius 3 is 2.34 bits per heavy atom. The molecule has 9 heteroatoms. The summed E-state index contributed by atoms with van der Waals surface area (Å²) in [5.74, 6) is -0.971. The van der Waals surface area contributed by atoms with Gasteiger partial charge in [-0.15, -0.1) is 0 Å². The van der Waals surface area contributed by atoms with E-state index in [1.165, 1.54) is 4.90 Å². The Morgan fingerprint density at radius 2 is 1.72 bits per heavy atom. The van der Waals surface area contributed by atoms with Crippen LogP contribution in [0.1, 0.15) is 39.0 Å². The van der Waals surface area contributed by atoms with E-state index in [2.05, 4.69) is 4.90 Å². The standard InChI is InChI=1S/C20H32N4O5/c1-15(25)22-8-4-16(5-9-22)19(29)24-12-11-21(2)20(14-24)6-3-17(26)23(10-7-20)13-18(27)28/h16H,3-14H2,1-2H3,(H,27,28). The Bertz CT molecular complexity index is 676. The van der Waals surface area contributed by atoms with Crippen molar-refractivity contribution in [1.82, 2.24) is 19.6 Å². The fourth-order valence-electron chi connectivity index (χ4n) is 4.91. The van der Waals surface area contributed by atoms with Gasteiger partial charge in [0.1, 0.15) is 6.54 Å². The number of rotatable bonds is 3. The van der Waals surface area contributed by atoms with E-state index in [1.807, 2.05) is 11.9 Å². The molecule has 3 saturated heterocycles. The zero-order valence-electron chi connectivity index (χ0n) is 17.4. The van der Waals surface area contributed by atoms with Gasteiger partial charge in [-0.1, -0.05) is 0 Å². The van der Waals surface area contributed by atoms with Crippen LogP contribution in [0.15, 0.2) is 0 Å². The molecule has 1 N–H and O–H groups in total. The second-order valence-electron chi connectivity index (χ2n) is 8.65. The number of carboxylic acids is 1. The molecule has 0 aromatic carbocycles. The number of piperidine rings is 1. The molecule has 3 amide bonds. The van der Waals surface area contributed by atoms with Crippen molar-refractivity contribution in [3.8, 4) is 0 Å². The minimum atomic E-state index is -1.000. The highest BCUT2D eigenvalue weighted by molar-refractivity contribution is 5.82. The highest BCUT2D eigenvalue weighted by atomic mass is 16.4. The number of carbonyl (C=O) groups excluding carboxylic acids is 3. The topological polar surface area (TPSA) is 101 Å². The third kappa shape index (κ3) is 4.71. The minimum absolute atomic E-state index is 0.0537. The van der Waals surface area contributed by atoms with Gasteiger partial charge < -0.3 is 19.8 Å². The average molecular weight is 408 g/mol. The summed E-state index contributed by atoms with van der Waals surface area (Å²) in [7, 11) is 2.03. The van der Waals surface area contributed by atoms with E-state index >= 15 is 0 Å². The normalized spacial score (nSPS) is 27.2. The van der Waals surface area contributed by atoms with Gasteiger partial charge in [0.15, 0.2) is 0 Å². The molecule has 3 rings (SSSR count). The number of likely N-dealkylation sites (N-methyl/N-ethyl adjacent to an activating group) is 1. The second-order valence-corrected chi connectivity index (χ2v) is 8.65. The predicted molar refractivity (Wildman–Crippen MR) is 105 cm³/mol. The lowest BCUT2D eigenvalue weighted by Gasteiger charge is -2.50. The van der Waals surface area contributed by atoms with Crippen LogP contribution in [0.4, 0.5) is 0 Å². The first-order valence-electron chi connectivity index (χ1n) is 10.5. The first-order valence-corrected chi connectivity index (χ1v) is 10.5. The van der Waals surface area contributed by atoms with Gasteiger partial charge in [-0.3, -0.25) is 24.1 Å². The number of carboxylic acid groups (broad SMARTS) is 1. The summed E-state index contributed by atoms with van der Waals surface area (Å²) in [5, 5.41) is 9.06. The number of piperazine rings is 1. The fourth-order valence-corrected chi connectivity index (χ4v) is 4.91. The van der Waals surface area contributed by atoms with Crippen LogP contribution in [-0.2, 0) is 19.2 Å². The molecule has 0 saturated carbocycles. The van der Waals surface area contributed by atoms with Crippen molar-refractivity contribution >= 4 is 23.7 Å². The fraction of sp³-hybridized carbons (Fsp3) is 0.800. The Balaban J connectivity index is 1.65. The summed E-state index contributed by atoms with van der Waals surface area (Å²) >= 11 is 0. The monoisotopic (exact) mass is 408 g/mol.